The third-order valence-corrected chi connectivity index (χ3v) is 15.8. The first-order chi connectivity index (χ1) is 33.7. The molecular weight excluding hydrogens is 1060 g/mol. The summed E-state index contributed by atoms with van der Waals surface area (Å²) in [5.74, 6) is 0.319. The van der Waals surface area contributed by atoms with E-state index in [4.69, 9.17) is 18.9 Å². The molecule has 15 heteroatoms. The second kappa shape index (κ2) is 23.6. The Balaban J connectivity index is 0.000000245. The summed E-state index contributed by atoms with van der Waals surface area (Å²) in [6.07, 6.45) is 6.48. The zero-order valence-electron chi connectivity index (χ0n) is 43.3. The summed E-state index contributed by atoms with van der Waals surface area (Å²) in [7, 11) is -7.44. The molecule has 0 bridgehead atoms. The normalized spacial score (nSPS) is 16.4. The maximum atomic E-state index is 13.5. The summed E-state index contributed by atoms with van der Waals surface area (Å²) in [5, 5.41) is 0. The Kier molecular flexibility index (Phi) is 18.5. The molecule has 2 unspecified atom stereocenters. The lowest BCUT2D eigenvalue weighted by atomic mass is 9.84. The van der Waals surface area contributed by atoms with Crippen molar-refractivity contribution < 1.29 is 45.4 Å². The van der Waals surface area contributed by atoms with Crippen molar-refractivity contribution in [3.05, 3.63) is 140 Å². The van der Waals surface area contributed by atoms with E-state index in [1.54, 1.807) is 36.4 Å². The van der Waals surface area contributed by atoms with Crippen LogP contribution in [0.4, 0.5) is 0 Å². The van der Waals surface area contributed by atoms with Crippen LogP contribution in [0.2, 0.25) is 0 Å². The van der Waals surface area contributed by atoms with E-state index in [1.165, 1.54) is 11.1 Å². The topological polar surface area (TPSA) is 163 Å². The molecule has 0 radical (unpaired) electrons. The van der Waals surface area contributed by atoms with Gasteiger partial charge in [0.05, 0.1) is 9.79 Å². The van der Waals surface area contributed by atoms with Crippen LogP contribution in [-0.2, 0) is 57.4 Å². The molecule has 0 aliphatic heterocycles. The quantitative estimate of drug-likeness (QED) is 0.0659. The number of carbonyl (C=O) groups is 2. The number of fused-ring (bicyclic) bond motifs is 2. The van der Waals surface area contributed by atoms with Crippen LogP contribution in [0.1, 0.15) is 146 Å². The Morgan fingerprint density at radius 1 is 0.569 bits per heavy atom. The summed E-state index contributed by atoms with van der Waals surface area (Å²) < 4.78 is 82.2. The van der Waals surface area contributed by atoms with Crippen molar-refractivity contribution in [2.75, 3.05) is 13.2 Å². The molecule has 2 aliphatic rings. The molecule has 72 heavy (non-hydrogen) atoms. The van der Waals surface area contributed by atoms with Crippen LogP contribution >= 0.6 is 22.6 Å². The molecule has 0 spiro atoms. The van der Waals surface area contributed by atoms with E-state index in [0.29, 0.717) is 24.3 Å². The van der Waals surface area contributed by atoms with Gasteiger partial charge in [-0.15, -0.1) is 0 Å². The molecule has 2 aliphatic carbocycles. The number of hydrogen-bond acceptors (Lipinski definition) is 10. The van der Waals surface area contributed by atoms with Crippen molar-refractivity contribution in [2.24, 2.45) is 0 Å². The lowest BCUT2D eigenvalue weighted by molar-refractivity contribution is -0.158. The summed E-state index contributed by atoms with van der Waals surface area (Å²) in [4.78, 5) is 24.8. The summed E-state index contributed by atoms with van der Waals surface area (Å²) in [5.41, 5.74) is 6.98. The number of rotatable bonds is 13. The molecule has 0 fully saturated rings. The van der Waals surface area contributed by atoms with Crippen LogP contribution < -0.4 is 18.9 Å². The highest BCUT2D eigenvalue weighted by Crippen LogP contribution is 2.38. The maximum Gasteiger partial charge on any atom is 0.344 e. The molecule has 0 saturated heterocycles. The molecule has 5 aromatic carbocycles. The summed E-state index contributed by atoms with van der Waals surface area (Å²) in [6.45, 7) is 19.1. The van der Waals surface area contributed by atoms with Gasteiger partial charge in [-0.05, 0) is 202 Å². The monoisotopic (exact) mass is 1130 g/mol. The smallest absolute Gasteiger partial charge is 0.344 e. The largest absolute Gasteiger partial charge is 0.482 e. The number of nitrogens with one attached hydrogen (secondary N) is 2. The number of benzene rings is 5. The van der Waals surface area contributed by atoms with Gasteiger partial charge in [0.2, 0.25) is 20.0 Å². The first-order valence-corrected chi connectivity index (χ1v) is 28.7. The lowest BCUT2D eigenvalue weighted by Crippen LogP contribution is -2.29. The average Bonchev–Trinajstić information content (AvgIpc) is 3.62. The average molecular weight is 1140 g/mol. The van der Waals surface area contributed by atoms with Gasteiger partial charge in [-0.1, -0.05) is 93.8 Å². The van der Waals surface area contributed by atoms with Crippen molar-refractivity contribution in [1.29, 1.82) is 0 Å². The SMILES string of the molecule is CC(C)(C)OC(=O)COc1cccc2c1CCCCC2NS(=O)(=O)c1ccc(I)cc1.Cc1cc(-c2ccc(S(=O)(=O)NC3CCCCc4c(OCC(=O)OC(C)(C)C)cccc43)cc2)cc(C(C)(C)C)c1. The van der Waals surface area contributed by atoms with Crippen molar-refractivity contribution in [1.82, 2.24) is 9.44 Å². The van der Waals surface area contributed by atoms with Crippen molar-refractivity contribution >= 4 is 54.6 Å². The third kappa shape index (κ3) is 16.1. The van der Waals surface area contributed by atoms with Gasteiger partial charge in [-0.2, -0.15) is 0 Å². The molecule has 0 aromatic heterocycles. The zero-order chi connectivity index (χ0) is 52.6. The maximum absolute atomic E-state index is 13.5. The van der Waals surface area contributed by atoms with Crippen LogP contribution in [-0.4, -0.2) is 53.2 Å². The van der Waals surface area contributed by atoms with E-state index in [2.05, 4.69) is 77.9 Å². The Hall–Kier alpha value is -4.81. The first kappa shape index (κ1) is 56.5. The van der Waals surface area contributed by atoms with Crippen LogP contribution in [0, 0.1) is 10.5 Å². The van der Waals surface area contributed by atoms with Crippen LogP contribution in [0.3, 0.4) is 0 Å². The minimum absolute atomic E-state index is 0.0175. The van der Waals surface area contributed by atoms with Crippen LogP contribution in [0.25, 0.3) is 11.1 Å². The summed E-state index contributed by atoms with van der Waals surface area (Å²) in [6, 6.07) is 30.8. The van der Waals surface area contributed by atoms with Gasteiger partial charge >= 0.3 is 11.9 Å². The van der Waals surface area contributed by atoms with Crippen LogP contribution in [0.5, 0.6) is 11.5 Å². The van der Waals surface area contributed by atoms with Crippen molar-refractivity contribution in [3.63, 3.8) is 0 Å². The Morgan fingerprint density at radius 2 is 1.00 bits per heavy atom. The molecule has 12 nitrogen and oxygen atoms in total. The van der Waals surface area contributed by atoms with E-state index in [1.807, 2.05) is 90.1 Å². The zero-order valence-corrected chi connectivity index (χ0v) is 47.1. The number of sulfonamides is 2. The Labute approximate surface area is 441 Å². The van der Waals surface area contributed by atoms with Gasteiger partial charge in [0.25, 0.3) is 0 Å². The van der Waals surface area contributed by atoms with Crippen molar-refractivity contribution in [3.8, 4) is 22.6 Å². The predicted octanol–water partition coefficient (Wildman–Crippen LogP) is 12.2. The van der Waals surface area contributed by atoms with Gasteiger partial charge in [-0.3, -0.25) is 0 Å². The minimum Gasteiger partial charge on any atom is -0.482 e. The Bertz CT molecular complexity index is 2920. The van der Waals surface area contributed by atoms with Gasteiger partial charge in [0, 0.05) is 15.7 Å². The number of hydrogen-bond donors (Lipinski definition) is 2. The molecule has 7 rings (SSSR count). The molecule has 0 heterocycles. The number of esters is 2. The highest BCUT2D eigenvalue weighted by molar-refractivity contribution is 14.1. The van der Waals surface area contributed by atoms with Gasteiger partial charge in [0.15, 0.2) is 13.2 Å². The molecule has 5 aromatic rings. The molecule has 2 atom stereocenters. The fourth-order valence-corrected chi connectivity index (χ4v) is 11.7. The Morgan fingerprint density at radius 3 is 1.42 bits per heavy atom. The number of aryl methyl sites for hydroxylation is 1. The number of ether oxygens (including phenoxy) is 4. The van der Waals surface area contributed by atoms with E-state index in [-0.39, 0.29) is 34.5 Å². The van der Waals surface area contributed by atoms with Crippen LogP contribution in [0.15, 0.2) is 113 Å². The molecular formula is C57H71IN2O10S2. The van der Waals surface area contributed by atoms with E-state index in [0.717, 1.165) is 75.5 Å². The van der Waals surface area contributed by atoms with E-state index in [9.17, 15) is 26.4 Å². The lowest BCUT2D eigenvalue weighted by Gasteiger charge is -2.22. The fraction of sp³-hybridized carbons (Fsp3) is 0.439. The number of halogens is 1. The highest BCUT2D eigenvalue weighted by atomic mass is 127. The molecule has 2 N–H and O–H groups in total. The van der Waals surface area contributed by atoms with Crippen molar-refractivity contribution in [2.45, 2.75) is 159 Å². The molecule has 0 saturated carbocycles. The predicted molar refractivity (Wildman–Crippen MR) is 291 cm³/mol. The second-order valence-corrected chi connectivity index (χ2v) is 26.2. The van der Waals surface area contributed by atoms with Gasteiger partial charge in [-0.25, -0.2) is 35.9 Å². The number of carbonyl (C=O) groups excluding carboxylic acids is 2. The third-order valence-electron chi connectivity index (χ3n) is 12.1. The molecule has 0 amide bonds. The van der Waals surface area contributed by atoms with Gasteiger partial charge < -0.3 is 18.9 Å². The summed E-state index contributed by atoms with van der Waals surface area (Å²) >= 11 is 2.15. The first-order valence-electron chi connectivity index (χ1n) is 24.6. The van der Waals surface area contributed by atoms with E-state index >= 15 is 0 Å². The fourth-order valence-electron chi connectivity index (χ4n) is 8.83. The highest BCUT2D eigenvalue weighted by Gasteiger charge is 2.29. The van der Waals surface area contributed by atoms with E-state index < -0.39 is 49.2 Å². The van der Waals surface area contributed by atoms with Gasteiger partial charge in [0.1, 0.15) is 22.7 Å². The minimum atomic E-state index is -3.78. The molecule has 388 valence electrons. The standard InChI is InChI=1S/C34H43NO5S.C23H28INO5S/c1-23-19-25(21-26(20-23)33(2,3)4)24-15-17-27(18-16-24)41(37,38)35-30-13-9-8-11-29-28(30)12-10-14-31(29)39-22-32(36)40-34(5,6)7;1-23(2,3)30-22(26)15-29-21-10-6-8-18-19(21)7-4-5-9-20(18)25-31(27,28)17-13-11-16(24)12-14-17/h10,12,14-21,30,35H,8-9,11,13,22H2,1-7H3;6,8,10-14,20,25H,4-5,7,9,15H2,1-3H3. The second-order valence-electron chi connectivity index (χ2n) is 21.6.